The number of rotatable bonds is 5. The molecule has 0 spiro atoms. The highest BCUT2D eigenvalue weighted by Gasteiger charge is 2.29. The topological polar surface area (TPSA) is 58.6 Å². The molecule has 0 aliphatic rings. The first-order valence-electron chi connectivity index (χ1n) is 6.86. The van der Waals surface area contributed by atoms with Crippen LogP contribution in [0.1, 0.15) is 15.9 Å². The van der Waals surface area contributed by atoms with Crippen molar-refractivity contribution < 1.29 is 14.6 Å². The van der Waals surface area contributed by atoms with Gasteiger partial charge in [-0.05, 0) is 42.0 Å². The van der Waals surface area contributed by atoms with E-state index in [1.54, 1.807) is 24.3 Å². The average molecular weight is 374 g/mol. The van der Waals surface area contributed by atoms with Gasteiger partial charge in [0.25, 0.3) is 0 Å². The Morgan fingerprint density at radius 1 is 1.26 bits per heavy atom. The number of hydrogen-bond donors (Lipinski definition) is 2. The predicted molar refractivity (Wildman–Crippen MR) is 93.1 cm³/mol. The number of aliphatic hydroxyl groups is 1. The van der Waals surface area contributed by atoms with E-state index in [0.29, 0.717) is 11.3 Å². The molecule has 0 bridgehead atoms. The second-order valence-corrected chi connectivity index (χ2v) is 5.82. The molecule has 4 nitrogen and oxygen atoms in total. The van der Waals surface area contributed by atoms with Gasteiger partial charge in [0.1, 0.15) is 5.54 Å². The SMILES string of the molecule is C#C[C@@](CO)(Nc1ccc(C(=O)OC)cc1)c1ccc(Br)cc1. The molecule has 0 aliphatic carbocycles. The molecular weight excluding hydrogens is 358 g/mol. The van der Waals surface area contributed by atoms with E-state index in [4.69, 9.17) is 6.42 Å². The van der Waals surface area contributed by atoms with Gasteiger partial charge in [-0.25, -0.2) is 4.79 Å². The molecule has 23 heavy (non-hydrogen) atoms. The summed E-state index contributed by atoms with van der Waals surface area (Å²) in [4.78, 5) is 11.5. The number of aliphatic hydroxyl groups excluding tert-OH is 1. The maximum absolute atomic E-state index is 11.5. The lowest BCUT2D eigenvalue weighted by atomic mass is 9.91. The zero-order chi connectivity index (χ0) is 16.9. The number of methoxy groups -OCH3 is 1. The van der Waals surface area contributed by atoms with Gasteiger partial charge in [0.2, 0.25) is 0 Å². The van der Waals surface area contributed by atoms with Crippen molar-refractivity contribution in [3.05, 3.63) is 64.1 Å². The Morgan fingerprint density at radius 2 is 1.87 bits per heavy atom. The van der Waals surface area contributed by atoms with Crippen LogP contribution in [-0.2, 0) is 10.3 Å². The minimum absolute atomic E-state index is 0.274. The van der Waals surface area contributed by atoms with Gasteiger partial charge >= 0.3 is 5.97 Å². The van der Waals surface area contributed by atoms with Crippen molar-refractivity contribution in [3.8, 4) is 12.3 Å². The fraction of sp³-hybridized carbons (Fsp3) is 0.167. The lowest BCUT2D eigenvalue weighted by Gasteiger charge is -2.29. The van der Waals surface area contributed by atoms with Crippen LogP contribution < -0.4 is 5.32 Å². The van der Waals surface area contributed by atoms with Gasteiger partial charge in [-0.3, -0.25) is 0 Å². The number of esters is 1. The van der Waals surface area contributed by atoms with Crippen LogP contribution in [-0.4, -0.2) is 24.8 Å². The maximum Gasteiger partial charge on any atom is 0.337 e. The van der Waals surface area contributed by atoms with Crippen LogP contribution in [0.3, 0.4) is 0 Å². The number of halogens is 1. The van der Waals surface area contributed by atoms with Crippen molar-refractivity contribution in [1.82, 2.24) is 0 Å². The molecule has 0 aromatic heterocycles. The largest absolute Gasteiger partial charge is 0.465 e. The molecule has 0 fully saturated rings. The summed E-state index contributed by atoms with van der Waals surface area (Å²) in [6.07, 6.45) is 5.68. The Hall–Kier alpha value is -2.29. The summed E-state index contributed by atoms with van der Waals surface area (Å²) in [7, 11) is 1.33. The van der Waals surface area contributed by atoms with Crippen molar-refractivity contribution in [2.75, 3.05) is 19.0 Å². The summed E-state index contributed by atoms with van der Waals surface area (Å²) in [5, 5.41) is 13.0. The normalized spacial score (nSPS) is 12.8. The fourth-order valence-electron chi connectivity index (χ4n) is 2.16. The molecule has 0 amide bonds. The highest BCUT2D eigenvalue weighted by atomic mass is 79.9. The molecule has 1 atom stereocenters. The number of nitrogens with one attached hydrogen (secondary N) is 1. The van der Waals surface area contributed by atoms with E-state index in [2.05, 4.69) is 31.9 Å². The van der Waals surface area contributed by atoms with Gasteiger partial charge in [0.05, 0.1) is 19.3 Å². The molecule has 0 saturated heterocycles. The standard InChI is InChI=1S/C18H16BrNO3/c1-3-18(12-21,14-6-8-15(19)9-7-14)20-16-10-4-13(5-11-16)17(22)23-2/h1,4-11,20-21H,12H2,2H3/t18-/m0/s1. The highest BCUT2D eigenvalue weighted by Crippen LogP contribution is 2.27. The molecule has 0 unspecified atom stereocenters. The van der Waals surface area contributed by atoms with E-state index >= 15 is 0 Å². The summed E-state index contributed by atoms with van der Waals surface area (Å²) in [5.74, 6) is 2.22. The smallest absolute Gasteiger partial charge is 0.337 e. The number of benzene rings is 2. The van der Waals surface area contributed by atoms with E-state index in [1.165, 1.54) is 7.11 Å². The zero-order valence-electron chi connectivity index (χ0n) is 12.5. The maximum atomic E-state index is 11.5. The van der Waals surface area contributed by atoms with Crippen molar-refractivity contribution in [1.29, 1.82) is 0 Å². The number of anilines is 1. The lowest BCUT2D eigenvalue weighted by Crippen LogP contribution is -2.37. The van der Waals surface area contributed by atoms with Crippen LogP contribution in [0.15, 0.2) is 53.0 Å². The molecule has 0 aliphatic heterocycles. The Morgan fingerprint density at radius 3 is 2.35 bits per heavy atom. The third kappa shape index (κ3) is 3.73. The van der Waals surface area contributed by atoms with E-state index < -0.39 is 11.5 Å². The summed E-state index contributed by atoms with van der Waals surface area (Å²) >= 11 is 3.37. The summed E-state index contributed by atoms with van der Waals surface area (Å²) in [6.45, 7) is -0.274. The first-order valence-corrected chi connectivity index (χ1v) is 7.65. The molecule has 2 rings (SSSR count). The third-order valence-corrected chi connectivity index (χ3v) is 4.01. The number of carbonyl (C=O) groups is 1. The van der Waals surface area contributed by atoms with Gasteiger partial charge < -0.3 is 15.2 Å². The minimum atomic E-state index is -1.05. The first-order chi connectivity index (χ1) is 11.0. The van der Waals surface area contributed by atoms with Gasteiger partial charge in [-0.2, -0.15) is 0 Å². The van der Waals surface area contributed by atoms with E-state index in [-0.39, 0.29) is 6.61 Å². The molecule has 2 aromatic rings. The molecule has 118 valence electrons. The summed E-state index contributed by atoms with van der Waals surface area (Å²) < 4.78 is 5.59. The Kier molecular flexibility index (Phi) is 5.43. The van der Waals surface area contributed by atoms with Crippen LogP contribution in [0.25, 0.3) is 0 Å². The second-order valence-electron chi connectivity index (χ2n) is 4.91. The van der Waals surface area contributed by atoms with Crippen LogP contribution >= 0.6 is 15.9 Å². The van der Waals surface area contributed by atoms with Gasteiger partial charge in [0, 0.05) is 10.2 Å². The Balaban J connectivity index is 2.31. The third-order valence-electron chi connectivity index (χ3n) is 3.48. The van der Waals surface area contributed by atoms with Crippen molar-refractivity contribution >= 4 is 27.6 Å². The predicted octanol–water partition coefficient (Wildman–Crippen LogP) is 3.17. The van der Waals surface area contributed by atoms with Gasteiger partial charge in [-0.1, -0.05) is 34.0 Å². The van der Waals surface area contributed by atoms with Crippen LogP contribution in [0.4, 0.5) is 5.69 Å². The molecule has 0 saturated carbocycles. The molecule has 2 aromatic carbocycles. The fourth-order valence-corrected chi connectivity index (χ4v) is 2.42. The van der Waals surface area contributed by atoms with E-state index in [9.17, 15) is 9.90 Å². The Bertz CT molecular complexity index is 719. The Labute approximate surface area is 143 Å². The van der Waals surface area contributed by atoms with Crippen molar-refractivity contribution in [2.45, 2.75) is 5.54 Å². The molecule has 2 N–H and O–H groups in total. The summed E-state index contributed by atoms with van der Waals surface area (Å²) in [5.41, 5.74) is 0.848. The minimum Gasteiger partial charge on any atom is -0.465 e. The number of terminal acetylenes is 1. The zero-order valence-corrected chi connectivity index (χ0v) is 14.1. The number of carbonyl (C=O) groups excluding carboxylic acids is 1. The first kappa shape index (κ1) is 17.1. The average Bonchev–Trinajstić information content (AvgIpc) is 2.60. The van der Waals surface area contributed by atoms with Crippen molar-refractivity contribution in [3.63, 3.8) is 0 Å². The highest BCUT2D eigenvalue weighted by molar-refractivity contribution is 9.10. The number of hydrogen-bond acceptors (Lipinski definition) is 4. The van der Waals surface area contributed by atoms with E-state index in [0.717, 1.165) is 10.0 Å². The summed E-state index contributed by atoms with van der Waals surface area (Å²) in [6, 6.07) is 14.1. The van der Waals surface area contributed by atoms with Crippen LogP contribution in [0, 0.1) is 12.3 Å². The molecule has 5 heteroatoms. The van der Waals surface area contributed by atoms with Crippen molar-refractivity contribution in [2.24, 2.45) is 0 Å². The monoisotopic (exact) mass is 373 g/mol. The van der Waals surface area contributed by atoms with Gasteiger partial charge in [-0.15, -0.1) is 6.42 Å². The van der Waals surface area contributed by atoms with Crippen LogP contribution in [0.5, 0.6) is 0 Å². The van der Waals surface area contributed by atoms with Gasteiger partial charge in [0.15, 0.2) is 0 Å². The molecular formula is C18H16BrNO3. The number of ether oxygens (including phenoxy) is 1. The van der Waals surface area contributed by atoms with Crippen LogP contribution in [0.2, 0.25) is 0 Å². The lowest BCUT2D eigenvalue weighted by molar-refractivity contribution is 0.0601. The molecule has 0 radical (unpaired) electrons. The van der Waals surface area contributed by atoms with E-state index in [1.807, 2.05) is 24.3 Å². The molecule has 0 heterocycles. The quantitative estimate of drug-likeness (QED) is 0.624. The second kappa shape index (κ2) is 7.32.